The molecular weight excluding hydrogens is 370 g/mol. The van der Waals surface area contributed by atoms with E-state index >= 15 is 0 Å². The predicted octanol–water partition coefficient (Wildman–Crippen LogP) is 4.15. The zero-order chi connectivity index (χ0) is 16.5. The molecule has 8 heteroatoms. The lowest BCUT2D eigenvalue weighted by atomic mass is 9.95. The number of piperidine rings is 1. The fraction of sp³-hybridized carbons (Fsp3) is 0.500. The van der Waals surface area contributed by atoms with Crippen LogP contribution in [0.5, 0.6) is 0 Å². The van der Waals surface area contributed by atoms with E-state index in [2.05, 4.69) is 20.7 Å². The molecule has 0 aromatic heterocycles. The minimum absolute atomic E-state index is 0.0851. The van der Waals surface area contributed by atoms with Gasteiger partial charge in [-0.25, -0.2) is 9.18 Å². The molecule has 1 aromatic carbocycles. The van der Waals surface area contributed by atoms with Crippen LogP contribution in [0.3, 0.4) is 0 Å². The third-order valence-corrected chi connectivity index (χ3v) is 4.18. The van der Waals surface area contributed by atoms with Crippen molar-refractivity contribution in [3.8, 4) is 0 Å². The Balaban J connectivity index is 2.28. The summed E-state index contributed by atoms with van der Waals surface area (Å²) in [6.07, 6.45) is -4.39. The third kappa shape index (κ3) is 3.53. The molecule has 22 heavy (non-hydrogen) atoms. The molecule has 1 aliphatic heterocycles. The molecule has 122 valence electrons. The van der Waals surface area contributed by atoms with Crippen LogP contribution < -0.4 is 4.90 Å². The number of hydrogen-bond donors (Lipinski definition) is 0. The molecule has 1 heterocycles. The van der Waals surface area contributed by atoms with E-state index in [0.29, 0.717) is 4.47 Å². The molecule has 0 atom stereocenters. The minimum Gasteiger partial charge on any atom is -0.465 e. The molecule has 3 nitrogen and oxygen atoms in total. The Hall–Kier alpha value is -1.31. The highest BCUT2D eigenvalue weighted by molar-refractivity contribution is 9.10. The molecule has 0 amide bonds. The van der Waals surface area contributed by atoms with Crippen molar-refractivity contribution in [2.24, 2.45) is 5.92 Å². The van der Waals surface area contributed by atoms with Crippen LogP contribution in [0.4, 0.5) is 23.2 Å². The van der Waals surface area contributed by atoms with Crippen LogP contribution in [0, 0.1) is 11.7 Å². The first-order chi connectivity index (χ1) is 10.2. The second kappa shape index (κ2) is 6.44. The van der Waals surface area contributed by atoms with E-state index < -0.39 is 23.9 Å². The van der Waals surface area contributed by atoms with E-state index in [1.165, 1.54) is 6.07 Å². The molecule has 0 unspecified atom stereocenters. The van der Waals surface area contributed by atoms with Gasteiger partial charge in [0.25, 0.3) is 0 Å². The molecular formula is C14H14BrF4NO2. The van der Waals surface area contributed by atoms with Gasteiger partial charge in [0.2, 0.25) is 0 Å². The lowest BCUT2D eigenvalue weighted by molar-refractivity contribution is -0.179. The summed E-state index contributed by atoms with van der Waals surface area (Å²) >= 11 is 3.13. The number of nitrogens with zero attached hydrogens (tertiary/aromatic N) is 1. The van der Waals surface area contributed by atoms with Crippen molar-refractivity contribution in [3.05, 3.63) is 28.0 Å². The van der Waals surface area contributed by atoms with Gasteiger partial charge in [0.05, 0.1) is 18.7 Å². The smallest absolute Gasteiger partial charge is 0.391 e. The van der Waals surface area contributed by atoms with Crippen molar-refractivity contribution < 1.29 is 27.1 Å². The molecule has 0 radical (unpaired) electrons. The Labute approximate surface area is 133 Å². The molecule has 0 spiro atoms. The summed E-state index contributed by atoms with van der Waals surface area (Å²) < 4.78 is 57.1. The Morgan fingerprint density at radius 3 is 2.41 bits per heavy atom. The first-order valence-electron chi connectivity index (χ1n) is 6.63. The van der Waals surface area contributed by atoms with Gasteiger partial charge in [-0.15, -0.1) is 0 Å². The average molecular weight is 384 g/mol. The highest BCUT2D eigenvalue weighted by Crippen LogP contribution is 2.37. The quantitative estimate of drug-likeness (QED) is 0.567. The molecule has 0 bridgehead atoms. The number of rotatable bonds is 2. The van der Waals surface area contributed by atoms with Crippen LogP contribution in [-0.4, -0.2) is 32.3 Å². The maximum absolute atomic E-state index is 14.0. The maximum Gasteiger partial charge on any atom is 0.391 e. The Morgan fingerprint density at radius 2 is 1.91 bits per heavy atom. The first kappa shape index (κ1) is 17.1. The third-order valence-electron chi connectivity index (χ3n) is 3.72. The number of benzene rings is 1. The summed E-state index contributed by atoms with van der Waals surface area (Å²) in [6, 6.07) is 2.64. The van der Waals surface area contributed by atoms with E-state index in [0.717, 1.165) is 13.2 Å². The summed E-state index contributed by atoms with van der Waals surface area (Å²) in [5.74, 6) is -2.98. The number of esters is 1. The lowest BCUT2D eigenvalue weighted by Gasteiger charge is -2.35. The number of carbonyl (C=O) groups excluding carboxylic acids is 1. The van der Waals surface area contributed by atoms with E-state index in [4.69, 9.17) is 0 Å². The van der Waals surface area contributed by atoms with E-state index in [9.17, 15) is 22.4 Å². The fourth-order valence-electron chi connectivity index (χ4n) is 2.56. The van der Waals surface area contributed by atoms with Gasteiger partial charge in [0.1, 0.15) is 11.4 Å². The monoisotopic (exact) mass is 383 g/mol. The van der Waals surface area contributed by atoms with Gasteiger partial charge < -0.3 is 9.64 Å². The summed E-state index contributed by atoms with van der Waals surface area (Å²) in [7, 11) is 1.13. The molecule has 2 rings (SSSR count). The van der Waals surface area contributed by atoms with E-state index in [-0.39, 0.29) is 37.2 Å². The second-order valence-corrected chi connectivity index (χ2v) is 5.99. The van der Waals surface area contributed by atoms with Crippen molar-refractivity contribution in [3.63, 3.8) is 0 Å². The number of halogens is 5. The summed E-state index contributed by atoms with van der Waals surface area (Å²) in [6.45, 7) is 0.203. The van der Waals surface area contributed by atoms with Crippen LogP contribution >= 0.6 is 15.9 Å². The molecule has 0 N–H and O–H groups in total. The van der Waals surface area contributed by atoms with Crippen molar-refractivity contribution in [1.29, 1.82) is 0 Å². The van der Waals surface area contributed by atoms with Gasteiger partial charge in [-0.05, 0) is 25.0 Å². The van der Waals surface area contributed by atoms with Gasteiger partial charge in [-0.3, -0.25) is 0 Å². The van der Waals surface area contributed by atoms with Gasteiger partial charge in [-0.2, -0.15) is 13.2 Å². The molecule has 1 aliphatic rings. The van der Waals surface area contributed by atoms with Gasteiger partial charge >= 0.3 is 12.1 Å². The van der Waals surface area contributed by atoms with E-state index in [1.807, 2.05) is 0 Å². The van der Waals surface area contributed by atoms with Crippen molar-refractivity contribution >= 4 is 27.6 Å². The Morgan fingerprint density at radius 1 is 1.32 bits per heavy atom. The normalized spacial score (nSPS) is 16.7. The van der Waals surface area contributed by atoms with Gasteiger partial charge in [-0.1, -0.05) is 15.9 Å². The number of alkyl halides is 3. The van der Waals surface area contributed by atoms with Crippen LogP contribution in [0.25, 0.3) is 0 Å². The number of carbonyl (C=O) groups is 1. The molecule has 1 fully saturated rings. The zero-order valence-corrected chi connectivity index (χ0v) is 13.3. The van der Waals surface area contributed by atoms with Crippen LogP contribution in [-0.2, 0) is 4.74 Å². The van der Waals surface area contributed by atoms with Crippen LogP contribution in [0.15, 0.2) is 16.6 Å². The minimum atomic E-state index is -4.22. The van der Waals surface area contributed by atoms with E-state index in [1.54, 1.807) is 4.90 Å². The topological polar surface area (TPSA) is 29.5 Å². The fourth-order valence-corrected chi connectivity index (χ4v) is 2.98. The molecule has 1 saturated heterocycles. The molecule has 0 saturated carbocycles. The first-order valence-corrected chi connectivity index (χ1v) is 7.42. The lowest BCUT2D eigenvalue weighted by Crippen LogP contribution is -2.39. The summed E-state index contributed by atoms with van der Waals surface area (Å²) in [5.41, 5.74) is -0.00416. The largest absolute Gasteiger partial charge is 0.465 e. The number of hydrogen-bond acceptors (Lipinski definition) is 3. The van der Waals surface area contributed by atoms with Crippen molar-refractivity contribution in [1.82, 2.24) is 0 Å². The highest BCUT2D eigenvalue weighted by atomic mass is 79.9. The van der Waals surface area contributed by atoms with Crippen LogP contribution in [0.1, 0.15) is 23.2 Å². The molecule has 0 aliphatic carbocycles. The summed E-state index contributed by atoms with van der Waals surface area (Å²) in [4.78, 5) is 13.3. The average Bonchev–Trinajstić information content (AvgIpc) is 2.45. The van der Waals surface area contributed by atoms with Gasteiger partial charge in [0, 0.05) is 17.6 Å². The number of ether oxygens (including phenoxy) is 1. The number of anilines is 1. The SMILES string of the molecule is COC(=O)c1c(F)cc(Br)cc1N1CCC(C(F)(F)F)CC1. The maximum atomic E-state index is 14.0. The van der Waals surface area contributed by atoms with Crippen molar-refractivity contribution in [2.75, 3.05) is 25.1 Å². The highest BCUT2D eigenvalue weighted by Gasteiger charge is 2.41. The van der Waals surface area contributed by atoms with Crippen molar-refractivity contribution in [2.45, 2.75) is 19.0 Å². The predicted molar refractivity (Wildman–Crippen MR) is 76.4 cm³/mol. The molecule has 1 aromatic rings. The number of methoxy groups -OCH3 is 1. The standard InChI is InChI=1S/C14H14BrF4NO2/c1-22-13(21)12-10(16)6-9(15)7-11(12)20-4-2-8(3-5-20)14(17,18)19/h6-8H,2-5H2,1H3. The second-order valence-electron chi connectivity index (χ2n) is 5.08. The zero-order valence-electron chi connectivity index (χ0n) is 11.7. The Bertz CT molecular complexity index is 569. The van der Waals surface area contributed by atoms with Crippen LogP contribution in [0.2, 0.25) is 0 Å². The Kier molecular flexibility index (Phi) is 4.99. The van der Waals surface area contributed by atoms with Gasteiger partial charge in [0.15, 0.2) is 0 Å². The summed E-state index contributed by atoms with van der Waals surface area (Å²) in [5, 5.41) is 0.